The number of rotatable bonds is 5. The zero-order valence-corrected chi connectivity index (χ0v) is 17.1. The average molecular weight is 485 g/mol. The number of nitrogens with one attached hydrogen (secondary N) is 1. The standard InChI is InChI=1S/C23H15F8N3/c24-16-6-5-13(18(25)10-16)12-34-20-4-2-1-3-19(20)33-21(34)11-32-17-8-14(22(26,27)28)7-15(9-17)23(29,30)31/h1-10,32H,11-12H2. The molecule has 0 amide bonds. The fourth-order valence-electron chi connectivity index (χ4n) is 3.50. The Morgan fingerprint density at radius 3 is 2.06 bits per heavy atom. The van der Waals surface area contributed by atoms with Crippen LogP contribution >= 0.6 is 0 Å². The number of para-hydroxylation sites is 2. The maximum absolute atomic E-state index is 14.2. The van der Waals surface area contributed by atoms with E-state index in [2.05, 4.69) is 10.3 Å². The molecular formula is C23H15F8N3. The summed E-state index contributed by atoms with van der Waals surface area (Å²) in [6, 6.07) is 10.9. The molecule has 0 fully saturated rings. The maximum atomic E-state index is 14.2. The lowest BCUT2D eigenvalue weighted by Gasteiger charge is -2.16. The van der Waals surface area contributed by atoms with Crippen molar-refractivity contribution in [3.8, 4) is 0 Å². The van der Waals surface area contributed by atoms with Crippen molar-refractivity contribution in [3.63, 3.8) is 0 Å². The van der Waals surface area contributed by atoms with Crippen molar-refractivity contribution in [3.05, 3.63) is 94.8 Å². The van der Waals surface area contributed by atoms with Crippen LogP contribution in [0.4, 0.5) is 40.8 Å². The SMILES string of the molecule is Fc1ccc(Cn2c(CNc3cc(C(F)(F)F)cc(C(F)(F)F)c3)nc3ccccc32)c(F)c1. The quantitative estimate of drug-likeness (QED) is 0.308. The molecule has 3 aromatic carbocycles. The number of nitrogens with zero attached hydrogens (tertiary/aromatic N) is 2. The van der Waals surface area contributed by atoms with Crippen molar-refractivity contribution >= 4 is 16.7 Å². The second-order valence-corrected chi connectivity index (χ2v) is 7.49. The van der Waals surface area contributed by atoms with Crippen molar-refractivity contribution in [1.82, 2.24) is 9.55 Å². The van der Waals surface area contributed by atoms with Gasteiger partial charge in [-0.25, -0.2) is 13.8 Å². The number of halogens is 8. The highest BCUT2D eigenvalue weighted by Crippen LogP contribution is 2.37. The minimum absolute atomic E-state index is 0.0394. The molecule has 0 unspecified atom stereocenters. The normalized spacial score (nSPS) is 12.4. The average Bonchev–Trinajstić information content (AvgIpc) is 3.10. The third-order valence-corrected chi connectivity index (χ3v) is 5.12. The molecule has 0 atom stereocenters. The van der Waals surface area contributed by atoms with Crippen LogP contribution in [0, 0.1) is 11.6 Å². The van der Waals surface area contributed by atoms with Crippen LogP contribution in [-0.2, 0) is 25.4 Å². The molecule has 0 aliphatic rings. The molecule has 0 spiro atoms. The van der Waals surface area contributed by atoms with E-state index in [1.807, 2.05) is 0 Å². The fraction of sp³-hybridized carbons (Fsp3) is 0.174. The number of anilines is 1. The van der Waals surface area contributed by atoms with E-state index < -0.39 is 40.8 Å². The van der Waals surface area contributed by atoms with Crippen LogP contribution in [0.15, 0.2) is 60.7 Å². The molecule has 1 aromatic heterocycles. The van der Waals surface area contributed by atoms with Crippen LogP contribution in [0.3, 0.4) is 0 Å². The highest BCUT2D eigenvalue weighted by Gasteiger charge is 2.37. The van der Waals surface area contributed by atoms with Gasteiger partial charge in [0.15, 0.2) is 0 Å². The van der Waals surface area contributed by atoms with Crippen LogP contribution in [0.25, 0.3) is 11.0 Å². The van der Waals surface area contributed by atoms with E-state index in [9.17, 15) is 35.1 Å². The van der Waals surface area contributed by atoms with Crippen molar-refractivity contribution in [2.24, 2.45) is 0 Å². The van der Waals surface area contributed by atoms with Crippen molar-refractivity contribution in [2.75, 3.05) is 5.32 Å². The third kappa shape index (κ3) is 4.97. The largest absolute Gasteiger partial charge is 0.416 e. The van der Waals surface area contributed by atoms with E-state index in [-0.39, 0.29) is 30.5 Å². The summed E-state index contributed by atoms with van der Waals surface area (Å²) in [5.41, 5.74) is -2.14. The van der Waals surface area contributed by atoms with E-state index >= 15 is 0 Å². The first kappa shape index (κ1) is 23.5. The Morgan fingerprint density at radius 2 is 1.44 bits per heavy atom. The molecule has 0 bridgehead atoms. The van der Waals surface area contributed by atoms with E-state index in [1.54, 1.807) is 28.8 Å². The summed E-state index contributed by atoms with van der Waals surface area (Å²) in [6.45, 7) is -0.337. The predicted octanol–water partition coefficient (Wildman–Crippen LogP) is 7.01. The molecule has 1 N–H and O–H groups in total. The number of hydrogen-bond acceptors (Lipinski definition) is 2. The lowest BCUT2D eigenvalue weighted by atomic mass is 10.1. The first-order valence-corrected chi connectivity index (χ1v) is 9.83. The molecule has 178 valence electrons. The van der Waals surface area contributed by atoms with Gasteiger partial charge in [-0.15, -0.1) is 0 Å². The Labute approximate surface area is 187 Å². The van der Waals surface area contributed by atoms with Gasteiger partial charge in [0.1, 0.15) is 17.5 Å². The highest BCUT2D eigenvalue weighted by molar-refractivity contribution is 5.76. The Morgan fingerprint density at radius 1 is 0.794 bits per heavy atom. The van der Waals surface area contributed by atoms with E-state index in [1.165, 1.54) is 6.07 Å². The number of aromatic nitrogens is 2. The van der Waals surface area contributed by atoms with Gasteiger partial charge in [-0.2, -0.15) is 26.3 Å². The molecule has 0 aliphatic heterocycles. The zero-order chi connectivity index (χ0) is 24.7. The highest BCUT2D eigenvalue weighted by atomic mass is 19.4. The second kappa shape index (κ2) is 8.62. The van der Waals surface area contributed by atoms with Crippen LogP contribution in [-0.4, -0.2) is 9.55 Å². The summed E-state index contributed by atoms with van der Waals surface area (Å²) >= 11 is 0. The Hall–Kier alpha value is -3.63. The zero-order valence-electron chi connectivity index (χ0n) is 17.1. The first-order valence-electron chi connectivity index (χ1n) is 9.83. The lowest BCUT2D eigenvalue weighted by Crippen LogP contribution is -2.14. The van der Waals surface area contributed by atoms with Crippen LogP contribution < -0.4 is 5.32 Å². The van der Waals surface area contributed by atoms with Gasteiger partial charge in [0, 0.05) is 17.3 Å². The molecular weight excluding hydrogens is 470 g/mol. The minimum Gasteiger partial charge on any atom is -0.378 e. The Kier molecular flexibility index (Phi) is 5.96. The summed E-state index contributed by atoms with van der Waals surface area (Å²) in [5, 5.41) is 2.56. The van der Waals surface area contributed by atoms with Gasteiger partial charge in [-0.1, -0.05) is 18.2 Å². The number of fused-ring (bicyclic) bond motifs is 1. The number of imidazole rings is 1. The minimum atomic E-state index is -4.98. The van der Waals surface area contributed by atoms with Crippen LogP contribution in [0.1, 0.15) is 22.5 Å². The van der Waals surface area contributed by atoms with Crippen molar-refractivity contribution < 1.29 is 35.1 Å². The first-order chi connectivity index (χ1) is 15.9. The topological polar surface area (TPSA) is 29.9 Å². The lowest BCUT2D eigenvalue weighted by molar-refractivity contribution is -0.143. The summed E-state index contributed by atoms with van der Waals surface area (Å²) in [6.07, 6.45) is -9.96. The molecule has 34 heavy (non-hydrogen) atoms. The van der Waals surface area contributed by atoms with Gasteiger partial charge in [0.2, 0.25) is 0 Å². The predicted molar refractivity (Wildman–Crippen MR) is 109 cm³/mol. The van der Waals surface area contributed by atoms with Crippen molar-refractivity contribution in [2.45, 2.75) is 25.4 Å². The molecule has 0 aliphatic carbocycles. The smallest absolute Gasteiger partial charge is 0.378 e. The Balaban J connectivity index is 1.70. The molecule has 0 saturated heterocycles. The fourth-order valence-corrected chi connectivity index (χ4v) is 3.50. The second-order valence-electron chi connectivity index (χ2n) is 7.49. The molecule has 0 radical (unpaired) electrons. The molecule has 4 rings (SSSR count). The van der Waals surface area contributed by atoms with E-state index in [4.69, 9.17) is 0 Å². The number of alkyl halides is 6. The number of benzene rings is 3. The van der Waals surface area contributed by atoms with Crippen LogP contribution in [0.2, 0.25) is 0 Å². The summed E-state index contributed by atoms with van der Waals surface area (Å²) < 4.78 is 108. The molecule has 0 saturated carbocycles. The summed E-state index contributed by atoms with van der Waals surface area (Å²) in [4.78, 5) is 4.37. The van der Waals surface area contributed by atoms with Gasteiger partial charge in [-0.3, -0.25) is 0 Å². The van der Waals surface area contributed by atoms with Crippen LogP contribution in [0.5, 0.6) is 0 Å². The number of hydrogen-bond donors (Lipinski definition) is 1. The summed E-state index contributed by atoms with van der Waals surface area (Å²) in [5.74, 6) is -1.33. The van der Waals surface area contributed by atoms with Gasteiger partial charge in [0.05, 0.1) is 35.2 Å². The van der Waals surface area contributed by atoms with Gasteiger partial charge in [0.25, 0.3) is 0 Å². The molecule has 3 nitrogen and oxygen atoms in total. The molecule has 11 heteroatoms. The van der Waals surface area contributed by atoms with E-state index in [0.29, 0.717) is 29.2 Å². The van der Waals surface area contributed by atoms with Gasteiger partial charge < -0.3 is 9.88 Å². The third-order valence-electron chi connectivity index (χ3n) is 5.12. The molecule has 4 aromatic rings. The van der Waals surface area contributed by atoms with Gasteiger partial charge >= 0.3 is 12.4 Å². The van der Waals surface area contributed by atoms with Gasteiger partial charge in [-0.05, 0) is 36.4 Å². The maximum Gasteiger partial charge on any atom is 0.416 e. The monoisotopic (exact) mass is 485 g/mol. The van der Waals surface area contributed by atoms with Crippen molar-refractivity contribution in [1.29, 1.82) is 0 Å². The summed E-state index contributed by atoms with van der Waals surface area (Å²) in [7, 11) is 0. The van der Waals surface area contributed by atoms with E-state index in [0.717, 1.165) is 6.07 Å². The Bertz CT molecular complexity index is 1310. The molecule has 1 heterocycles.